The van der Waals surface area contributed by atoms with E-state index >= 15 is 0 Å². The summed E-state index contributed by atoms with van der Waals surface area (Å²) in [6, 6.07) is 11.3. The highest BCUT2D eigenvalue weighted by atomic mass is 127. The van der Waals surface area contributed by atoms with Crippen LogP contribution < -0.4 is 0 Å². The Morgan fingerprint density at radius 2 is 1.87 bits per heavy atom. The van der Waals surface area contributed by atoms with E-state index < -0.39 is 0 Å². The number of nitrogens with zero attached hydrogens (tertiary/aromatic N) is 1. The Balaban J connectivity index is 2.09. The van der Waals surface area contributed by atoms with E-state index in [2.05, 4.69) is 57.8 Å². The molecule has 1 aromatic rings. The van der Waals surface area contributed by atoms with Crippen LogP contribution in [0.1, 0.15) is 11.6 Å². The lowest BCUT2D eigenvalue weighted by molar-refractivity contribution is 0.0213. The van der Waals surface area contributed by atoms with E-state index in [9.17, 15) is 0 Å². The predicted molar refractivity (Wildman–Crippen MR) is 70.5 cm³/mol. The first kappa shape index (κ1) is 11.4. The Labute approximate surface area is 105 Å². The first-order valence-electron chi connectivity index (χ1n) is 5.34. The zero-order valence-corrected chi connectivity index (χ0v) is 10.9. The quantitative estimate of drug-likeness (QED) is 0.627. The van der Waals surface area contributed by atoms with Crippen LogP contribution in [0, 0.1) is 0 Å². The highest BCUT2D eigenvalue weighted by Gasteiger charge is 2.20. The van der Waals surface area contributed by atoms with Gasteiger partial charge >= 0.3 is 0 Å². The zero-order valence-electron chi connectivity index (χ0n) is 8.73. The van der Waals surface area contributed by atoms with Gasteiger partial charge in [0.2, 0.25) is 0 Å². The van der Waals surface area contributed by atoms with E-state index in [4.69, 9.17) is 4.74 Å². The fourth-order valence-electron chi connectivity index (χ4n) is 1.96. The Kier molecular flexibility index (Phi) is 4.41. The maximum atomic E-state index is 5.39. The number of rotatable bonds is 3. The molecule has 2 rings (SSSR count). The van der Waals surface area contributed by atoms with E-state index in [1.807, 2.05) is 0 Å². The third kappa shape index (κ3) is 2.92. The summed E-state index contributed by atoms with van der Waals surface area (Å²) in [5, 5.41) is 0. The summed E-state index contributed by atoms with van der Waals surface area (Å²) < 4.78 is 6.53. The molecule has 1 saturated heterocycles. The maximum Gasteiger partial charge on any atom is 0.0594 e. The van der Waals surface area contributed by atoms with Crippen LogP contribution in [-0.2, 0) is 4.74 Å². The van der Waals surface area contributed by atoms with Crippen molar-refractivity contribution in [2.75, 3.05) is 30.7 Å². The molecule has 0 aliphatic carbocycles. The largest absolute Gasteiger partial charge is 0.379 e. The van der Waals surface area contributed by atoms with Crippen molar-refractivity contribution in [1.29, 1.82) is 0 Å². The van der Waals surface area contributed by atoms with E-state index in [1.54, 1.807) is 0 Å². The summed E-state index contributed by atoms with van der Waals surface area (Å²) in [6.07, 6.45) is 0. The van der Waals surface area contributed by atoms with Crippen molar-refractivity contribution in [2.24, 2.45) is 0 Å². The lowest BCUT2D eigenvalue weighted by atomic mass is 10.1. The van der Waals surface area contributed by atoms with Crippen molar-refractivity contribution in [1.82, 2.24) is 4.90 Å². The third-order valence-corrected chi connectivity index (χ3v) is 3.65. The van der Waals surface area contributed by atoms with Gasteiger partial charge in [-0.05, 0) is 5.56 Å². The summed E-state index contributed by atoms with van der Waals surface area (Å²) in [5.74, 6) is 0. The predicted octanol–water partition coefficient (Wildman–Crippen LogP) is 2.49. The van der Waals surface area contributed by atoms with Crippen LogP contribution in [0.25, 0.3) is 0 Å². The normalized spacial score (nSPS) is 20.1. The van der Waals surface area contributed by atoms with Crippen LogP contribution >= 0.6 is 22.6 Å². The van der Waals surface area contributed by atoms with Gasteiger partial charge < -0.3 is 4.74 Å². The minimum Gasteiger partial charge on any atom is -0.379 e. The van der Waals surface area contributed by atoms with Crippen LogP contribution in [0.4, 0.5) is 0 Å². The second-order valence-electron chi connectivity index (χ2n) is 3.73. The van der Waals surface area contributed by atoms with Gasteiger partial charge in [-0.2, -0.15) is 0 Å². The fraction of sp³-hybridized carbons (Fsp3) is 0.500. The number of halogens is 1. The SMILES string of the molecule is ICC(c1ccccc1)N1CCOCC1. The first-order chi connectivity index (χ1) is 7.42. The molecule has 15 heavy (non-hydrogen) atoms. The fourth-order valence-corrected chi connectivity index (χ4v) is 3.03. The van der Waals surface area contributed by atoms with Crippen LogP contribution in [0.5, 0.6) is 0 Å². The monoisotopic (exact) mass is 317 g/mol. The molecule has 2 nitrogen and oxygen atoms in total. The molecule has 3 heteroatoms. The van der Waals surface area contributed by atoms with Gasteiger partial charge in [-0.15, -0.1) is 0 Å². The van der Waals surface area contributed by atoms with Crippen molar-refractivity contribution in [3.05, 3.63) is 35.9 Å². The number of ether oxygens (including phenoxy) is 1. The molecular formula is C12H16INO. The second kappa shape index (κ2) is 5.82. The maximum absolute atomic E-state index is 5.39. The summed E-state index contributed by atoms with van der Waals surface area (Å²) >= 11 is 2.47. The zero-order chi connectivity index (χ0) is 10.5. The van der Waals surface area contributed by atoms with Crippen molar-refractivity contribution in [3.8, 4) is 0 Å². The molecule has 0 bridgehead atoms. The topological polar surface area (TPSA) is 12.5 Å². The number of morpholine rings is 1. The summed E-state index contributed by atoms with van der Waals surface area (Å²) in [5.41, 5.74) is 1.42. The lowest BCUT2D eigenvalue weighted by Crippen LogP contribution is -2.39. The summed E-state index contributed by atoms with van der Waals surface area (Å²) in [7, 11) is 0. The molecule has 0 amide bonds. The molecule has 1 unspecified atom stereocenters. The van der Waals surface area contributed by atoms with Gasteiger partial charge in [0.1, 0.15) is 0 Å². The van der Waals surface area contributed by atoms with E-state index in [0.717, 1.165) is 30.7 Å². The molecule has 0 spiro atoms. The molecule has 1 heterocycles. The van der Waals surface area contributed by atoms with Crippen LogP contribution in [0.3, 0.4) is 0 Å². The van der Waals surface area contributed by atoms with Crippen molar-refractivity contribution >= 4 is 22.6 Å². The summed E-state index contributed by atoms with van der Waals surface area (Å²) in [4.78, 5) is 2.52. The number of benzene rings is 1. The third-order valence-electron chi connectivity index (χ3n) is 2.82. The molecule has 1 aliphatic rings. The highest BCUT2D eigenvalue weighted by Crippen LogP contribution is 2.23. The van der Waals surface area contributed by atoms with E-state index in [-0.39, 0.29) is 0 Å². The first-order valence-corrected chi connectivity index (χ1v) is 6.87. The van der Waals surface area contributed by atoms with Gasteiger partial charge in [0.25, 0.3) is 0 Å². The van der Waals surface area contributed by atoms with E-state index in [0.29, 0.717) is 6.04 Å². The van der Waals surface area contributed by atoms with Crippen molar-refractivity contribution < 1.29 is 4.74 Å². The molecule has 0 saturated carbocycles. The highest BCUT2D eigenvalue weighted by molar-refractivity contribution is 14.1. The molecule has 0 aromatic heterocycles. The van der Waals surface area contributed by atoms with E-state index in [1.165, 1.54) is 5.56 Å². The molecular weight excluding hydrogens is 301 g/mol. The Morgan fingerprint density at radius 3 is 2.47 bits per heavy atom. The van der Waals surface area contributed by atoms with Crippen LogP contribution in [0.15, 0.2) is 30.3 Å². The molecule has 1 aliphatic heterocycles. The second-order valence-corrected chi connectivity index (χ2v) is 4.61. The molecule has 1 atom stereocenters. The standard InChI is InChI=1S/C12H16INO/c13-10-12(11-4-2-1-3-5-11)14-6-8-15-9-7-14/h1-5,12H,6-10H2. The number of alkyl halides is 1. The minimum absolute atomic E-state index is 0.552. The summed E-state index contributed by atoms with van der Waals surface area (Å²) in [6.45, 7) is 3.87. The number of hydrogen-bond donors (Lipinski definition) is 0. The molecule has 1 fully saturated rings. The minimum atomic E-state index is 0.552. The average molecular weight is 317 g/mol. The van der Waals surface area contributed by atoms with Gasteiger partial charge in [0, 0.05) is 23.6 Å². The molecule has 0 radical (unpaired) electrons. The smallest absolute Gasteiger partial charge is 0.0594 e. The van der Waals surface area contributed by atoms with Crippen molar-refractivity contribution in [2.45, 2.75) is 6.04 Å². The Hall–Kier alpha value is -0.130. The van der Waals surface area contributed by atoms with Crippen molar-refractivity contribution in [3.63, 3.8) is 0 Å². The molecule has 1 aromatic carbocycles. The van der Waals surface area contributed by atoms with Gasteiger partial charge in [-0.1, -0.05) is 52.9 Å². The van der Waals surface area contributed by atoms with Gasteiger partial charge in [0.15, 0.2) is 0 Å². The Bertz CT molecular complexity index is 285. The van der Waals surface area contributed by atoms with Gasteiger partial charge in [-0.3, -0.25) is 4.90 Å². The number of hydrogen-bond acceptors (Lipinski definition) is 2. The van der Waals surface area contributed by atoms with Crippen LogP contribution in [0.2, 0.25) is 0 Å². The molecule has 0 N–H and O–H groups in total. The average Bonchev–Trinajstić information content (AvgIpc) is 2.33. The van der Waals surface area contributed by atoms with Gasteiger partial charge in [0.05, 0.1) is 13.2 Å². The molecule has 82 valence electrons. The van der Waals surface area contributed by atoms with Gasteiger partial charge in [-0.25, -0.2) is 0 Å². The Morgan fingerprint density at radius 1 is 1.20 bits per heavy atom. The van der Waals surface area contributed by atoms with Crippen LogP contribution in [-0.4, -0.2) is 35.6 Å². The lowest BCUT2D eigenvalue weighted by Gasteiger charge is -2.33.